The van der Waals surface area contributed by atoms with Crippen LogP contribution in [0.25, 0.3) is 0 Å². The number of hydrogen-bond acceptors (Lipinski definition) is 6. The Morgan fingerprint density at radius 2 is 1.93 bits per heavy atom. The van der Waals surface area contributed by atoms with Gasteiger partial charge in [0.05, 0.1) is 17.5 Å². The molecule has 0 spiro atoms. The minimum absolute atomic E-state index is 0.0464. The van der Waals surface area contributed by atoms with E-state index in [2.05, 4.69) is 24.5 Å². The number of nitrogens with one attached hydrogen (secondary N) is 2. The van der Waals surface area contributed by atoms with Gasteiger partial charge in [-0.2, -0.15) is 0 Å². The molecule has 0 unspecified atom stereocenters. The Morgan fingerprint density at radius 3 is 2.58 bits per heavy atom. The Balaban J connectivity index is 1.33. The summed E-state index contributed by atoms with van der Waals surface area (Å²) in [5, 5.41) is 6.70. The normalized spacial score (nSPS) is 24.8. The average Bonchev–Trinajstić information content (AvgIpc) is 3.85. The number of methoxy groups -OCH3 is 1. The van der Waals surface area contributed by atoms with Crippen molar-refractivity contribution in [3.8, 4) is 5.75 Å². The number of ether oxygens (including phenoxy) is 2. The van der Waals surface area contributed by atoms with Crippen molar-refractivity contribution in [1.82, 2.24) is 10.6 Å². The number of carbonyl (C=O) groups excluding carboxylic acids is 3. The van der Waals surface area contributed by atoms with Crippen molar-refractivity contribution in [3.63, 3.8) is 0 Å². The third kappa shape index (κ3) is 6.15. The van der Waals surface area contributed by atoms with Gasteiger partial charge >= 0.3 is 0 Å². The van der Waals surface area contributed by atoms with Gasteiger partial charge < -0.3 is 29.9 Å². The molecule has 2 aliphatic heterocycles. The van der Waals surface area contributed by atoms with Crippen molar-refractivity contribution in [1.29, 1.82) is 0 Å². The Morgan fingerprint density at radius 1 is 1.20 bits per heavy atom. The lowest BCUT2D eigenvalue weighted by atomic mass is 9.88. The molecule has 2 heterocycles. The lowest BCUT2D eigenvalue weighted by molar-refractivity contribution is -0.132. The first-order valence-electron chi connectivity index (χ1n) is 15.0. The molecule has 1 aromatic rings. The number of benzene rings is 1. The second-order valence-electron chi connectivity index (χ2n) is 13.2. The molecule has 3 fully saturated rings. The zero-order valence-corrected chi connectivity index (χ0v) is 24.8. The van der Waals surface area contributed by atoms with Crippen LogP contribution in [-0.2, 0) is 19.1 Å². The standard InChI is InChI=1S/C31H46N4O5/c1-20(2)17-31(11-12-31)33-27(36)21-15-22(19-32-18-21)28(37)35(23-7-8-23)24-9-10-26-25(16-24)34(13-6-14-39-5)29(38)30(3,4)40-26/h9-10,16,20-23,32H,6-8,11-15,17-19H2,1-5H3,(H,33,36)/t21-,22+/m0/s1. The van der Waals surface area contributed by atoms with E-state index in [0.29, 0.717) is 56.4 Å². The monoisotopic (exact) mass is 554 g/mol. The molecule has 9 heteroatoms. The summed E-state index contributed by atoms with van der Waals surface area (Å²) in [7, 11) is 1.65. The van der Waals surface area contributed by atoms with Gasteiger partial charge in [-0.3, -0.25) is 14.4 Å². The predicted octanol–water partition coefficient (Wildman–Crippen LogP) is 3.64. The van der Waals surface area contributed by atoms with Crippen LogP contribution < -0.4 is 25.2 Å². The molecule has 3 amide bonds. The molecule has 2 aliphatic carbocycles. The van der Waals surface area contributed by atoms with Gasteiger partial charge in [-0.25, -0.2) is 0 Å². The zero-order valence-electron chi connectivity index (χ0n) is 24.8. The van der Waals surface area contributed by atoms with E-state index >= 15 is 0 Å². The molecule has 0 radical (unpaired) electrons. The maximum atomic E-state index is 14.0. The highest BCUT2D eigenvalue weighted by atomic mass is 16.5. The Hall–Kier alpha value is -2.65. The maximum absolute atomic E-state index is 14.0. The van der Waals surface area contributed by atoms with Crippen molar-refractivity contribution >= 4 is 29.1 Å². The van der Waals surface area contributed by atoms with Crippen LogP contribution in [0.1, 0.15) is 72.6 Å². The maximum Gasteiger partial charge on any atom is 0.270 e. The molecule has 2 N–H and O–H groups in total. The molecular formula is C31H46N4O5. The topological polar surface area (TPSA) is 100 Å². The summed E-state index contributed by atoms with van der Waals surface area (Å²) < 4.78 is 11.3. The van der Waals surface area contributed by atoms with E-state index in [9.17, 15) is 14.4 Å². The SMILES string of the molecule is COCCCN1C(=O)C(C)(C)Oc2ccc(N(C(=O)[C@H]3CNC[C@@H](C(=O)NC4(CC(C)C)CC4)C3)C3CC3)cc21. The highest BCUT2D eigenvalue weighted by Gasteiger charge is 2.47. The molecule has 1 aromatic carbocycles. The first-order chi connectivity index (χ1) is 19.0. The second-order valence-corrected chi connectivity index (χ2v) is 13.2. The van der Waals surface area contributed by atoms with Crippen molar-refractivity contribution < 1.29 is 23.9 Å². The van der Waals surface area contributed by atoms with E-state index in [1.807, 2.05) is 23.1 Å². The van der Waals surface area contributed by atoms with Crippen molar-refractivity contribution in [2.75, 3.05) is 43.2 Å². The smallest absolute Gasteiger partial charge is 0.270 e. The summed E-state index contributed by atoms with van der Waals surface area (Å²) >= 11 is 0. The molecule has 9 nitrogen and oxygen atoms in total. The van der Waals surface area contributed by atoms with E-state index < -0.39 is 5.60 Å². The molecule has 0 aromatic heterocycles. The molecule has 220 valence electrons. The van der Waals surface area contributed by atoms with Crippen LogP contribution in [0.5, 0.6) is 5.75 Å². The fourth-order valence-corrected chi connectivity index (χ4v) is 6.35. The largest absolute Gasteiger partial charge is 0.476 e. The fraction of sp³-hybridized carbons (Fsp3) is 0.710. The number of amides is 3. The lowest BCUT2D eigenvalue weighted by Crippen LogP contribution is -2.53. The van der Waals surface area contributed by atoms with Crippen LogP contribution >= 0.6 is 0 Å². The Labute approximate surface area is 238 Å². The van der Waals surface area contributed by atoms with E-state index in [0.717, 1.165) is 37.8 Å². The molecule has 2 atom stereocenters. The minimum Gasteiger partial charge on any atom is -0.476 e. The zero-order chi connectivity index (χ0) is 28.7. The summed E-state index contributed by atoms with van der Waals surface area (Å²) in [6, 6.07) is 5.87. The third-order valence-electron chi connectivity index (χ3n) is 8.63. The number of carbonyl (C=O) groups is 3. The summed E-state index contributed by atoms with van der Waals surface area (Å²) in [5.74, 6) is 0.685. The fourth-order valence-electron chi connectivity index (χ4n) is 6.35. The van der Waals surface area contributed by atoms with Crippen LogP contribution in [-0.4, -0.2) is 68.3 Å². The minimum atomic E-state index is -0.967. The first-order valence-corrected chi connectivity index (χ1v) is 15.0. The first kappa shape index (κ1) is 28.9. The van der Waals surface area contributed by atoms with Gasteiger partial charge in [0.2, 0.25) is 11.8 Å². The molecule has 0 bridgehead atoms. The summed E-state index contributed by atoms with van der Waals surface area (Å²) in [6.07, 6.45) is 6.22. The highest BCUT2D eigenvalue weighted by Crippen LogP contribution is 2.44. The van der Waals surface area contributed by atoms with Crippen molar-refractivity contribution in [2.24, 2.45) is 17.8 Å². The number of fused-ring (bicyclic) bond motifs is 1. The number of rotatable bonds is 11. The molecule has 4 aliphatic rings. The summed E-state index contributed by atoms with van der Waals surface area (Å²) in [4.78, 5) is 44.3. The van der Waals surface area contributed by atoms with Gasteiger partial charge in [-0.1, -0.05) is 13.8 Å². The predicted molar refractivity (Wildman–Crippen MR) is 155 cm³/mol. The molecule has 40 heavy (non-hydrogen) atoms. The quantitative estimate of drug-likeness (QED) is 0.405. The van der Waals surface area contributed by atoms with E-state index in [1.165, 1.54) is 0 Å². The van der Waals surface area contributed by atoms with Crippen LogP contribution in [0.15, 0.2) is 18.2 Å². The molecular weight excluding hydrogens is 508 g/mol. The van der Waals surface area contributed by atoms with E-state index in [-0.39, 0.29) is 41.1 Å². The highest BCUT2D eigenvalue weighted by molar-refractivity contribution is 6.04. The summed E-state index contributed by atoms with van der Waals surface area (Å²) in [6.45, 7) is 10.2. The van der Waals surface area contributed by atoms with Gasteiger partial charge in [-0.05, 0) is 82.9 Å². The van der Waals surface area contributed by atoms with Gasteiger partial charge in [0.25, 0.3) is 5.91 Å². The number of nitrogens with zero attached hydrogens (tertiary/aromatic N) is 2. The Kier molecular flexibility index (Phi) is 8.17. The van der Waals surface area contributed by atoms with Crippen LogP contribution in [0, 0.1) is 17.8 Å². The van der Waals surface area contributed by atoms with Crippen molar-refractivity contribution in [2.45, 2.75) is 89.8 Å². The second kappa shape index (κ2) is 11.3. The van der Waals surface area contributed by atoms with Crippen LogP contribution in [0.3, 0.4) is 0 Å². The lowest BCUT2D eigenvalue weighted by Gasteiger charge is -2.40. The number of hydrogen-bond donors (Lipinski definition) is 2. The molecule has 2 saturated carbocycles. The average molecular weight is 555 g/mol. The van der Waals surface area contributed by atoms with E-state index in [4.69, 9.17) is 9.47 Å². The van der Waals surface area contributed by atoms with E-state index in [1.54, 1.807) is 25.9 Å². The van der Waals surface area contributed by atoms with Gasteiger partial charge in [0, 0.05) is 50.6 Å². The number of piperidine rings is 1. The Bertz CT molecular complexity index is 1130. The van der Waals surface area contributed by atoms with Crippen molar-refractivity contribution in [3.05, 3.63) is 18.2 Å². The third-order valence-corrected chi connectivity index (χ3v) is 8.63. The van der Waals surface area contributed by atoms with Gasteiger partial charge in [-0.15, -0.1) is 0 Å². The van der Waals surface area contributed by atoms with Gasteiger partial charge in [0.1, 0.15) is 5.75 Å². The molecule has 5 rings (SSSR count). The van der Waals surface area contributed by atoms with Gasteiger partial charge in [0.15, 0.2) is 5.60 Å². The van der Waals surface area contributed by atoms with Crippen LogP contribution in [0.2, 0.25) is 0 Å². The van der Waals surface area contributed by atoms with Crippen LogP contribution in [0.4, 0.5) is 11.4 Å². The summed E-state index contributed by atoms with van der Waals surface area (Å²) in [5.41, 5.74) is 0.453. The number of anilines is 2. The molecule has 1 saturated heterocycles.